The lowest BCUT2D eigenvalue weighted by Crippen LogP contribution is -2.29. The van der Waals surface area contributed by atoms with Gasteiger partial charge in [0.15, 0.2) is 0 Å². The molecule has 0 radical (unpaired) electrons. The molecule has 0 nitrogen and oxygen atoms in total. The Morgan fingerprint density at radius 3 is 1.63 bits per heavy atom. The summed E-state index contributed by atoms with van der Waals surface area (Å²) in [6.45, 7) is 4.52. The van der Waals surface area contributed by atoms with Crippen molar-refractivity contribution in [2.45, 2.75) is 103 Å². The molecule has 3 fully saturated rings. The molecule has 30 heavy (non-hydrogen) atoms. The van der Waals surface area contributed by atoms with E-state index in [0.717, 1.165) is 35.5 Å². The minimum Gasteiger partial charge on any atom is -0.0914 e. The molecule has 1 aromatic rings. The van der Waals surface area contributed by atoms with Crippen molar-refractivity contribution in [3.63, 3.8) is 0 Å². The maximum absolute atomic E-state index is 2.47. The largest absolute Gasteiger partial charge is 0.0914 e. The van der Waals surface area contributed by atoms with E-state index in [1.807, 2.05) is 0 Å². The highest BCUT2D eigenvalue weighted by molar-refractivity contribution is 6.53. The van der Waals surface area contributed by atoms with Crippen molar-refractivity contribution in [3.8, 4) is 0 Å². The van der Waals surface area contributed by atoms with Crippen molar-refractivity contribution >= 4 is 14.7 Å². The van der Waals surface area contributed by atoms with E-state index in [4.69, 9.17) is 0 Å². The van der Waals surface area contributed by atoms with Crippen molar-refractivity contribution in [1.82, 2.24) is 0 Å². The molecule has 0 N–H and O–H groups in total. The van der Waals surface area contributed by atoms with Crippen LogP contribution in [0.25, 0.3) is 0 Å². The Morgan fingerprint density at radius 2 is 1.17 bits per heavy atom. The highest BCUT2D eigenvalue weighted by Crippen LogP contribution is 2.47. The molecule has 1 heteroatoms. The molecule has 1 aromatic carbocycles. The molecule has 0 aliphatic heterocycles. The van der Waals surface area contributed by atoms with E-state index in [1.165, 1.54) is 57.4 Å². The Balaban J connectivity index is 1.19. The van der Waals surface area contributed by atoms with Crippen molar-refractivity contribution in [2.24, 2.45) is 29.6 Å². The predicted octanol–water partition coefficient (Wildman–Crippen LogP) is 7.38. The SMILES string of the molecule is C/C=C/C1CCC([C@H]2CC[C@H](C3CCC(c4ccc([SiH2]CC)cc4)CC3)CC2)CC1. The van der Waals surface area contributed by atoms with Gasteiger partial charge in [0.1, 0.15) is 0 Å². The van der Waals surface area contributed by atoms with Gasteiger partial charge in [-0.05, 0) is 125 Å². The van der Waals surface area contributed by atoms with E-state index in [2.05, 4.69) is 50.3 Å². The van der Waals surface area contributed by atoms with Gasteiger partial charge in [0.25, 0.3) is 0 Å². The van der Waals surface area contributed by atoms with Gasteiger partial charge in [-0.2, -0.15) is 0 Å². The van der Waals surface area contributed by atoms with Crippen LogP contribution in [0.1, 0.15) is 102 Å². The van der Waals surface area contributed by atoms with Crippen molar-refractivity contribution in [3.05, 3.63) is 42.0 Å². The van der Waals surface area contributed by atoms with Crippen LogP contribution in [0.2, 0.25) is 6.04 Å². The number of benzene rings is 1. The van der Waals surface area contributed by atoms with Gasteiger partial charge >= 0.3 is 0 Å². The fourth-order valence-electron chi connectivity index (χ4n) is 7.34. The molecule has 0 atom stereocenters. The van der Waals surface area contributed by atoms with Gasteiger partial charge in [-0.15, -0.1) is 0 Å². The molecule has 3 aliphatic carbocycles. The first-order valence-electron chi connectivity index (χ1n) is 13.5. The Morgan fingerprint density at radius 1 is 0.700 bits per heavy atom. The first kappa shape index (κ1) is 22.4. The fraction of sp³-hybridized carbons (Fsp3) is 0.724. The third kappa shape index (κ3) is 5.70. The third-order valence-electron chi connectivity index (χ3n) is 9.19. The van der Waals surface area contributed by atoms with Gasteiger partial charge in [0, 0.05) is 0 Å². The zero-order valence-corrected chi connectivity index (χ0v) is 21.2. The molecule has 0 saturated heterocycles. The van der Waals surface area contributed by atoms with E-state index in [1.54, 1.807) is 36.4 Å². The van der Waals surface area contributed by atoms with E-state index in [0.29, 0.717) is 0 Å². The van der Waals surface area contributed by atoms with E-state index in [-0.39, 0.29) is 9.52 Å². The summed E-state index contributed by atoms with van der Waals surface area (Å²) in [6.07, 6.45) is 22.8. The summed E-state index contributed by atoms with van der Waals surface area (Å²) in [6, 6.07) is 11.2. The first-order valence-corrected chi connectivity index (χ1v) is 15.2. The van der Waals surface area contributed by atoms with Crippen molar-refractivity contribution in [2.75, 3.05) is 0 Å². The summed E-state index contributed by atoms with van der Waals surface area (Å²) in [7, 11) is 0.0122. The number of allylic oxidation sites excluding steroid dienone is 2. The maximum Gasteiger partial charge on any atom is 0.0544 e. The van der Waals surface area contributed by atoms with Crippen molar-refractivity contribution < 1.29 is 0 Å². The van der Waals surface area contributed by atoms with Crippen LogP contribution in [0.5, 0.6) is 0 Å². The Labute approximate surface area is 189 Å². The molecule has 0 aromatic heterocycles. The van der Waals surface area contributed by atoms with Crippen LogP contribution in [-0.2, 0) is 0 Å². The van der Waals surface area contributed by atoms with Gasteiger partial charge in [0.2, 0.25) is 0 Å². The Kier molecular flexibility index (Phi) is 8.33. The topological polar surface area (TPSA) is 0 Å². The Bertz CT molecular complexity index is 635. The number of hydrogen-bond acceptors (Lipinski definition) is 0. The molecule has 4 rings (SSSR count). The standard InChI is InChI=1S/C29H46Si/c1-3-5-22-6-8-23(9-7-22)24-10-12-25(13-11-24)26-14-16-27(17-15-26)28-18-20-29(21-19-28)30-4-2/h3,5,18-27H,4,6-17,30H2,1-2H3/b5-3+/t22?,23?,24-,25-,26?,27?. The molecule has 3 aliphatic rings. The summed E-state index contributed by atoms with van der Waals surface area (Å²) in [5.74, 6) is 5.96. The second kappa shape index (κ2) is 11.2. The highest BCUT2D eigenvalue weighted by atomic mass is 28.2. The lowest BCUT2D eigenvalue weighted by atomic mass is 9.64. The zero-order valence-electron chi connectivity index (χ0n) is 19.8. The molecular formula is C29H46Si. The molecule has 0 heterocycles. The normalized spacial score (nSPS) is 35.9. The minimum atomic E-state index is 0.0122. The van der Waals surface area contributed by atoms with Gasteiger partial charge in [0.05, 0.1) is 9.52 Å². The molecular weight excluding hydrogens is 376 g/mol. The van der Waals surface area contributed by atoms with Crippen LogP contribution in [0, 0.1) is 29.6 Å². The van der Waals surface area contributed by atoms with Crippen LogP contribution < -0.4 is 5.19 Å². The van der Waals surface area contributed by atoms with E-state index < -0.39 is 0 Å². The average molecular weight is 423 g/mol. The predicted molar refractivity (Wildman–Crippen MR) is 136 cm³/mol. The van der Waals surface area contributed by atoms with Gasteiger partial charge in [-0.25, -0.2) is 0 Å². The van der Waals surface area contributed by atoms with Crippen LogP contribution in [0.3, 0.4) is 0 Å². The summed E-state index contributed by atoms with van der Waals surface area (Å²) in [5, 5.41) is 1.65. The molecule has 166 valence electrons. The van der Waals surface area contributed by atoms with Gasteiger partial charge in [-0.1, -0.05) is 54.6 Å². The van der Waals surface area contributed by atoms with Gasteiger partial charge < -0.3 is 0 Å². The van der Waals surface area contributed by atoms with Crippen LogP contribution in [0.15, 0.2) is 36.4 Å². The summed E-state index contributed by atoms with van der Waals surface area (Å²) in [5.41, 5.74) is 1.64. The van der Waals surface area contributed by atoms with Crippen molar-refractivity contribution in [1.29, 1.82) is 0 Å². The van der Waals surface area contributed by atoms with E-state index in [9.17, 15) is 0 Å². The van der Waals surface area contributed by atoms with E-state index >= 15 is 0 Å². The van der Waals surface area contributed by atoms with Gasteiger partial charge in [-0.3, -0.25) is 0 Å². The minimum absolute atomic E-state index is 0.0122. The molecule has 0 unspecified atom stereocenters. The van der Waals surface area contributed by atoms with Crippen LogP contribution in [0.4, 0.5) is 0 Å². The molecule has 0 amide bonds. The summed E-state index contributed by atoms with van der Waals surface area (Å²) < 4.78 is 0. The van der Waals surface area contributed by atoms with Crippen LogP contribution >= 0.6 is 0 Å². The fourth-order valence-corrected chi connectivity index (χ4v) is 8.48. The number of hydrogen-bond donors (Lipinski definition) is 0. The highest BCUT2D eigenvalue weighted by Gasteiger charge is 2.34. The second-order valence-electron chi connectivity index (χ2n) is 11.0. The maximum atomic E-state index is 2.47. The third-order valence-corrected chi connectivity index (χ3v) is 10.7. The molecule has 0 spiro atoms. The monoisotopic (exact) mass is 422 g/mol. The summed E-state index contributed by atoms with van der Waals surface area (Å²) in [4.78, 5) is 0. The zero-order chi connectivity index (χ0) is 20.8. The molecule has 3 saturated carbocycles. The average Bonchev–Trinajstić information content (AvgIpc) is 2.81. The smallest absolute Gasteiger partial charge is 0.0544 e. The first-order chi connectivity index (χ1) is 14.8. The quantitative estimate of drug-likeness (QED) is 0.331. The van der Waals surface area contributed by atoms with Crippen LogP contribution in [-0.4, -0.2) is 9.52 Å². The second-order valence-corrected chi connectivity index (χ2v) is 13.3. The lowest BCUT2D eigenvalue weighted by Gasteiger charge is -2.41. The number of rotatable bonds is 6. The Hall–Kier alpha value is -0.823. The lowest BCUT2D eigenvalue weighted by molar-refractivity contribution is 0.114. The molecule has 0 bridgehead atoms. The summed E-state index contributed by atoms with van der Waals surface area (Å²) >= 11 is 0.